The van der Waals surface area contributed by atoms with Gasteiger partial charge in [-0.1, -0.05) is 0 Å². The Morgan fingerprint density at radius 3 is 2.97 bits per heavy atom. The van der Waals surface area contributed by atoms with Crippen molar-refractivity contribution in [2.24, 2.45) is 11.8 Å². The molecule has 8 nitrogen and oxygen atoms in total. The molecule has 0 spiro atoms. The highest BCUT2D eigenvalue weighted by Gasteiger charge is 2.44. The number of nitrogens with one attached hydrogen (secondary N) is 1. The predicted molar refractivity (Wildman–Crippen MR) is 122 cm³/mol. The number of pyridine rings is 1. The zero-order chi connectivity index (χ0) is 21.9. The molecule has 1 N–H and O–H groups in total. The Balaban J connectivity index is 1.21. The summed E-state index contributed by atoms with van der Waals surface area (Å²) in [6.45, 7) is 7.79. The van der Waals surface area contributed by atoms with Crippen LogP contribution >= 0.6 is 0 Å². The fraction of sp³-hybridized carbons (Fsp3) is 0.708. The number of fused-ring (bicyclic) bond motifs is 4. The Kier molecular flexibility index (Phi) is 6.59. The van der Waals surface area contributed by atoms with Crippen molar-refractivity contribution in [1.29, 1.82) is 0 Å². The Morgan fingerprint density at radius 1 is 1.22 bits per heavy atom. The lowest BCUT2D eigenvalue weighted by Crippen LogP contribution is -2.60. The van der Waals surface area contributed by atoms with E-state index >= 15 is 0 Å². The zero-order valence-electron chi connectivity index (χ0n) is 18.9. The molecule has 5 heterocycles. The fourth-order valence-corrected chi connectivity index (χ4v) is 6.03. The molecular formula is C24H35N5O3. The number of morpholine rings is 1. The summed E-state index contributed by atoms with van der Waals surface area (Å²) in [4.78, 5) is 36.9. The first kappa shape index (κ1) is 21.6. The first-order valence-corrected chi connectivity index (χ1v) is 12.3. The van der Waals surface area contributed by atoms with E-state index in [1.165, 1.54) is 6.42 Å². The average Bonchev–Trinajstić information content (AvgIpc) is 2.83. The van der Waals surface area contributed by atoms with E-state index in [2.05, 4.69) is 25.0 Å². The Bertz CT molecular complexity index is 828. The maximum Gasteiger partial charge on any atom is 0.255 e. The predicted octanol–water partition coefficient (Wildman–Crippen LogP) is 1.37. The summed E-state index contributed by atoms with van der Waals surface area (Å²) in [6, 6.07) is 4.09. The van der Waals surface area contributed by atoms with E-state index in [0.717, 1.165) is 77.6 Å². The molecule has 32 heavy (non-hydrogen) atoms. The zero-order valence-corrected chi connectivity index (χ0v) is 18.9. The van der Waals surface area contributed by atoms with Gasteiger partial charge in [-0.15, -0.1) is 0 Å². The highest BCUT2D eigenvalue weighted by molar-refractivity contribution is 5.98. The normalized spacial score (nSPS) is 28.4. The molecule has 1 aromatic heterocycles. The van der Waals surface area contributed by atoms with Gasteiger partial charge in [0.2, 0.25) is 5.91 Å². The lowest BCUT2D eigenvalue weighted by molar-refractivity contribution is -0.142. The van der Waals surface area contributed by atoms with Crippen LogP contribution in [0.5, 0.6) is 0 Å². The summed E-state index contributed by atoms with van der Waals surface area (Å²) in [5, 5.41) is 3.10. The summed E-state index contributed by atoms with van der Waals surface area (Å²) in [6.07, 6.45) is 6.71. The molecule has 1 aromatic rings. The van der Waals surface area contributed by atoms with Gasteiger partial charge in [0.05, 0.1) is 18.8 Å². The SMILES string of the molecule is O=C(NCCCN1CCOCC1)c1cccnc1N1CC2CC(C1)[C@H]1CCCC(=O)N1C2. The van der Waals surface area contributed by atoms with E-state index in [4.69, 9.17) is 4.74 Å². The number of ether oxygens (including phenoxy) is 1. The third kappa shape index (κ3) is 4.62. The number of amides is 2. The van der Waals surface area contributed by atoms with Crippen LogP contribution in [0.25, 0.3) is 0 Å². The molecule has 174 valence electrons. The minimum absolute atomic E-state index is 0.0414. The second-order valence-corrected chi connectivity index (χ2v) is 9.71. The minimum atomic E-state index is -0.0414. The molecule has 0 aromatic carbocycles. The lowest BCUT2D eigenvalue weighted by Gasteiger charge is -2.52. The van der Waals surface area contributed by atoms with Crippen LogP contribution < -0.4 is 10.2 Å². The third-order valence-electron chi connectivity index (χ3n) is 7.55. The monoisotopic (exact) mass is 441 g/mol. The van der Waals surface area contributed by atoms with E-state index in [-0.39, 0.29) is 5.91 Å². The van der Waals surface area contributed by atoms with E-state index in [1.807, 2.05) is 12.1 Å². The molecule has 4 fully saturated rings. The molecule has 2 unspecified atom stereocenters. The molecule has 4 aliphatic heterocycles. The van der Waals surface area contributed by atoms with Crippen LogP contribution in [0.15, 0.2) is 18.3 Å². The van der Waals surface area contributed by atoms with Crippen LogP contribution in [0.4, 0.5) is 5.82 Å². The Morgan fingerprint density at radius 2 is 2.09 bits per heavy atom. The van der Waals surface area contributed by atoms with Crippen molar-refractivity contribution in [3.05, 3.63) is 23.9 Å². The third-order valence-corrected chi connectivity index (χ3v) is 7.55. The molecule has 4 aliphatic rings. The fourth-order valence-electron chi connectivity index (χ4n) is 6.03. The van der Waals surface area contributed by atoms with Crippen LogP contribution in [-0.4, -0.2) is 91.7 Å². The van der Waals surface area contributed by atoms with E-state index in [0.29, 0.717) is 42.3 Å². The largest absolute Gasteiger partial charge is 0.379 e. The molecule has 0 aliphatic carbocycles. The number of piperidine rings is 3. The molecule has 8 heteroatoms. The molecule has 2 bridgehead atoms. The number of nitrogens with zero attached hydrogens (tertiary/aromatic N) is 4. The molecular weight excluding hydrogens is 406 g/mol. The topological polar surface area (TPSA) is 78.0 Å². The summed E-state index contributed by atoms with van der Waals surface area (Å²) in [5.41, 5.74) is 0.662. The highest BCUT2D eigenvalue weighted by Crippen LogP contribution is 2.39. The second kappa shape index (κ2) is 9.75. The highest BCUT2D eigenvalue weighted by atomic mass is 16.5. The number of hydrogen-bond acceptors (Lipinski definition) is 6. The second-order valence-electron chi connectivity index (χ2n) is 9.71. The molecule has 3 atom stereocenters. The smallest absolute Gasteiger partial charge is 0.255 e. The molecule has 2 amide bonds. The number of carbonyl (C=O) groups excluding carboxylic acids is 2. The van der Waals surface area contributed by atoms with Crippen LogP contribution in [0, 0.1) is 11.8 Å². The van der Waals surface area contributed by atoms with Gasteiger partial charge in [-0.05, 0) is 56.2 Å². The van der Waals surface area contributed by atoms with Crippen molar-refractivity contribution in [3.63, 3.8) is 0 Å². The van der Waals surface area contributed by atoms with Gasteiger partial charge in [0.25, 0.3) is 5.91 Å². The average molecular weight is 442 g/mol. The van der Waals surface area contributed by atoms with E-state index in [9.17, 15) is 9.59 Å². The van der Waals surface area contributed by atoms with Crippen molar-refractivity contribution in [2.75, 3.05) is 63.9 Å². The molecule has 5 rings (SSSR count). The molecule has 0 radical (unpaired) electrons. The first-order valence-electron chi connectivity index (χ1n) is 12.3. The lowest BCUT2D eigenvalue weighted by atomic mass is 9.76. The van der Waals surface area contributed by atoms with Crippen LogP contribution in [-0.2, 0) is 9.53 Å². The molecule has 0 saturated carbocycles. The van der Waals surface area contributed by atoms with Crippen LogP contribution in [0.2, 0.25) is 0 Å². The maximum atomic E-state index is 13.0. The van der Waals surface area contributed by atoms with Crippen molar-refractivity contribution < 1.29 is 14.3 Å². The first-order chi connectivity index (χ1) is 15.7. The van der Waals surface area contributed by atoms with Gasteiger partial charge in [-0.25, -0.2) is 4.98 Å². The number of rotatable bonds is 6. The van der Waals surface area contributed by atoms with Crippen LogP contribution in [0.1, 0.15) is 42.5 Å². The minimum Gasteiger partial charge on any atom is -0.379 e. The van der Waals surface area contributed by atoms with E-state index < -0.39 is 0 Å². The molecule has 4 saturated heterocycles. The van der Waals surface area contributed by atoms with Gasteiger partial charge < -0.3 is 19.9 Å². The van der Waals surface area contributed by atoms with Gasteiger partial charge in [0.15, 0.2) is 0 Å². The summed E-state index contributed by atoms with van der Waals surface area (Å²) in [5.74, 6) is 2.01. The van der Waals surface area contributed by atoms with Crippen molar-refractivity contribution in [1.82, 2.24) is 20.1 Å². The Hall–Kier alpha value is -2.19. The number of carbonyl (C=O) groups is 2. The van der Waals surface area contributed by atoms with Gasteiger partial charge in [0.1, 0.15) is 5.82 Å². The number of hydrogen-bond donors (Lipinski definition) is 1. The van der Waals surface area contributed by atoms with Gasteiger partial charge in [-0.2, -0.15) is 0 Å². The van der Waals surface area contributed by atoms with Crippen molar-refractivity contribution in [3.8, 4) is 0 Å². The van der Waals surface area contributed by atoms with Gasteiger partial charge in [-0.3, -0.25) is 14.5 Å². The maximum absolute atomic E-state index is 13.0. The Labute approximate surface area is 190 Å². The number of anilines is 1. The summed E-state index contributed by atoms with van der Waals surface area (Å²) >= 11 is 0. The summed E-state index contributed by atoms with van der Waals surface area (Å²) in [7, 11) is 0. The standard InChI is InChI=1S/C24H35N5O3/c30-22-6-1-5-21-19-14-18(16-29(21)22)15-28(17-19)23-20(4-2-7-25-23)24(31)26-8-3-9-27-10-12-32-13-11-27/h2,4,7,18-19,21H,1,3,5-6,8-17H2,(H,26,31)/t18?,19?,21-/m1/s1. The van der Waals surface area contributed by atoms with E-state index in [1.54, 1.807) is 6.20 Å². The van der Waals surface area contributed by atoms with Crippen molar-refractivity contribution in [2.45, 2.75) is 38.1 Å². The summed E-state index contributed by atoms with van der Waals surface area (Å²) < 4.78 is 5.39. The quantitative estimate of drug-likeness (QED) is 0.672. The van der Waals surface area contributed by atoms with Gasteiger partial charge in [0, 0.05) is 57.9 Å². The van der Waals surface area contributed by atoms with Gasteiger partial charge >= 0.3 is 0 Å². The van der Waals surface area contributed by atoms with Crippen LogP contribution in [0.3, 0.4) is 0 Å². The number of aromatic nitrogens is 1. The van der Waals surface area contributed by atoms with Crippen molar-refractivity contribution >= 4 is 17.6 Å².